The predicted octanol–water partition coefficient (Wildman–Crippen LogP) is 0.845. The number of carboxylic acids is 1. The monoisotopic (exact) mass is 384 g/mol. The van der Waals surface area contributed by atoms with Gasteiger partial charge in [0, 0.05) is 13.0 Å². The van der Waals surface area contributed by atoms with E-state index in [2.05, 4.69) is 10.1 Å². The molecule has 25 heavy (non-hydrogen) atoms. The Morgan fingerprint density at radius 1 is 1.16 bits per heavy atom. The molecule has 0 heterocycles. The molecule has 8 nitrogen and oxygen atoms in total. The van der Waals surface area contributed by atoms with Crippen molar-refractivity contribution in [2.75, 3.05) is 13.1 Å². The molecule has 0 atom stereocenters. The number of aliphatic carboxylic acids is 1. The maximum Gasteiger partial charge on any atom is 0.573 e. The van der Waals surface area contributed by atoms with Crippen LogP contribution in [-0.4, -0.2) is 44.9 Å². The van der Waals surface area contributed by atoms with Crippen molar-refractivity contribution in [2.45, 2.75) is 24.1 Å². The van der Waals surface area contributed by atoms with Gasteiger partial charge in [-0.05, 0) is 30.7 Å². The van der Waals surface area contributed by atoms with Crippen molar-refractivity contribution in [1.29, 1.82) is 0 Å². The Hall–Kier alpha value is -2.34. The lowest BCUT2D eigenvalue weighted by Crippen LogP contribution is -2.37. The van der Waals surface area contributed by atoms with Crippen LogP contribution in [0.4, 0.5) is 13.2 Å². The van der Waals surface area contributed by atoms with Crippen LogP contribution in [0.3, 0.4) is 0 Å². The van der Waals surface area contributed by atoms with E-state index in [0.29, 0.717) is 0 Å². The Bertz CT molecular complexity index is 703. The van der Waals surface area contributed by atoms with Gasteiger partial charge < -0.3 is 15.2 Å². The third-order valence-corrected chi connectivity index (χ3v) is 4.10. The molecule has 0 fully saturated rings. The Balaban J connectivity index is 2.52. The largest absolute Gasteiger partial charge is 0.573 e. The van der Waals surface area contributed by atoms with Crippen LogP contribution in [0.1, 0.15) is 12.8 Å². The first kappa shape index (κ1) is 20.7. The van der Waals surface area contributed by atoms with Crippen molar-refractivity contribution in [3.05, 3.63) is 24.3 Å². The van der Waals surface area contributed by atoms with Crippen molar-refractivity contribution in [3.63, 3.8) is 0 Å². The molecule has 0 unspecified atom stereocenters. The van der Waals surface area contributed by atoms with Gasteiger partial charge >= 0.3 is 12.3 Å². The van der Waals surface area contributed by atoms with Gasteiger partial charge in [-0.15, -0.1) is 13.2 Å². The van der Waals surface area contributed by atoms with E-state index in [1.165, 1.54) is 0 Å². The van der Waals surface area contributed by atoms with Crippen LogP contribution in [0, 0.1) is 0 Å². The zero-order chi connectivity index (χ0) is 19.1. The highest BCUT2D eigenvalue weighted by Gasteiger charge is 2.31. The van der Waals surface area contributed by atoms with Crippen molar-refractivity contribution >= 4 is 21.9 Å². The fourth-order valence-electron chi connectivity index (χ4n) is 1.59. The summed E-state index contributed by atoms with van der Waals surface area (Å²) >= 11 is 0. The highest BCUT2D eigenvalue weighted by molar-refractivity contribution is 7.89. The topological polar surface area (TPSA) is 122 Å². The van der Waals surface area contributed by atoms with E-state index in [1.807, 2.05) is 4.72 Å². The molecule has 0 aromatic heterocycles. The van der Waals surface area contributed by atoms with Gasteiger partial charge in [0.1, 0.15) is 5.75 Å². The Labute approximate surface area is 141 Å². The molecule has 0 spiro atoms. The summed E-state index contributed by atoms with van der Waals surface area (Å²) in [6.07, 6.45) is -4.84. The number of hydrogen-bond donors (Lipinski definition) is 3. The Morgan fingerprint density at radius 2 is 1.76 bits per heavy atom. The second-order valence-electron chi connectivity index (χ2n) is 4.69. The van der Waals surface area contributed by atoms with Gasteiger partial charge in [-0.1, -0.05) is 0 Å². The number of halogens is 3. The number of amides is 1. The number of hydrogen-bond acceptors (Lipinski definition) is 5. The van der Waals surface area contributed by atoms with Crippen molar-refractivity contribution in [1.82, 2.24) is 10.0 Å². The summed E-state index contributed by atoms with van der Waals surface area (Å²) in [7, 11) is -4.10. The van der Waals surface area contributed by atoms with E-state index < -0.39 is 40.6 Å². The van der Waals surface area contributed by atoms with Crippen molar-refractivity contribution in [3.8, 4) is 5.75 Å². The van der Waals surface area contributed by atoms with Crippen LogP contribution >= 0.6 is 0 Å². The molecular formula is C13H15F3N2O6S. The van der Waals surface area contributed by atoms with Gasteiger partial charge in [0.2, 0.25) is 15.9 Å². The van der Waals surface area contributed by atoms with Gasteiger partial charge in [-0.3, -0.25) is 9.59 Å². The smallest absolute Gasteiger partial charge is 0.481 e. The summed E-state index contributed by atoms with van der Waals surface area (Å²) in [4.78, 5) is 21.4. The fourth-order valence-corrected chi connectivity index (χ4v) is 2.58. The third kappa shape index (κ3) is 8.35. The lowest BCUT2D eigenvalue weighted by Gasteiger charge is -2.10. The van der Waals surface area contributed by atoms with Gasteiger partial charge in [0.25, 0.3) is 0 Å². The molecule has 1 aromatic carbocycles. The average Bonchev–Trinajstić information content (AvgIpc) is 2.48. The summed E-state index contributed by atoms with van der Waals surface area (Å²) in [5.74, 6) is -2.28. The SMILES string of the molecule is O=C(O)CCCNC(=O)CNS(=O)(=O)c1ccc(OC(F)(F)F)cc1. The summed E-state index contributed by atoms with van der Waals surface area (Å²) in [6.45, 7) is -0.535. The third-order valence-electron chi connectivity index (χ3n) is 2.68. The number of sulfonamides is 1. The second kappa shape index (κ2) is 8.67. The van der Waals surface area contributed by atoms with Gasteiger partial charge in [0.15, 0.2) is 0 Å². The van der Waals surface area contributed by atoms with E-state index in [-0.39, 0.29) is 24.3 Å². The van der Waals surface area contributed by atoms with Crippen LogP contribution in [0.15, 0.2) is 29.2 Å². The minimum atomic E-state index is -4.89. The first-order chi connectivity index (χ1) is 11.5. The maximum atomic E-state index is 12.0. The molecule has 1 amide bonds. The molecular weight excluding hydrogens is 369 g/mol. The van der Waals surface area contributed by atoms with Crippen LogP contribution in [-0.2, 0) is 19.6 Å². The number of ether oxygens (including phenoxy) is 1. The summed E-state index contributed by atoms with van der Waals surface area (Å²) in [6, 6.07) is 3.45. The Morgan fingerprint density at radius 3 is 2.28 bits per heavy atom. The number of carbonyl (C=O) groups excluding carboxylic acids is 1. The fraction of sp³-hybridized carbons (Fsp3) is 0.385. The number of alkyl halides is 3. The molecule has 0 radical (unpaired) electrons. The molecule has 0 aliphatic rings. The first-order valence-corrected chi connectivity index (χ1v) is 8.32. The normalized spacial score (nSPS) is 11.8. The predicted molar refractivity (Wildman–Crippen MR) is 78.2 cm³/mol. The number of nitrogens with one attached hydrogen (secondary N) is 2. The van der Waals surface area contributed by atoms with E-state index in [1.54, 1.807) is 0 Å². The van der Waals surface area contributed by atoms with Gasteiger partial charge in [-0.25, -0.2) is 13.1 Å². The Kier molecular flexibility index (Phi) is 7.18. The minimum absolute atomic E-state index is 0.0658. The molecule has 0 aliphatic carbocycles. The van der Waals surface area contributed by atoms with Gasteiger partial charge in [0.05, 0.1) is 11.4 Å². The molecule has 1 rings (SSSR count). The number of carbonyl (C=O) groups is 2. The minimum Gasteiger partial charge on any atom is -0.481 e. The van der Waals surface area contributed by atoms with Crippen LogP contribution < -0.4 is 14.8 Å². The number of rotatable bonds is 9. The molecule has 0 saturated heterocycles. The lowest BCUT2D eigenvalue weighted by molar-refractivity contribution is -0.274. The van der Waals surface area contributed by atoms with E-state index >= 15 is 0 Å². The van der Waals surface area contributed by atoms with Crippen LogP contribution in [0.25, 0.3) is 0 Å². The van der Waals surface area contributed by atoms with Crippen LogP contribution in [0.2, 0.25) is 0 Å². The lowest BCUT2D eigenvalue weighted by atomic mass is 10.3. The summed E-state index contributed by atoms with van der Waals surface area (Å²) in [5.41, 5.74) is 0. The number of carboxylic acid groups (broad SMARTS) is 1. The number of benzene rings is 1. The molecule has 3 N–H and O–H groups in total. The molecule has 0 bridgehead atoms. The van der Waals surface area contributed by atoms with Crippen molar-refractivity contribution < 1.29 is 41.0 Å². The van der Waals surface area contributed by atoms with Crippen molar-refractivity contribution in [2.24, 2.45) is 0 Å². The molecule has 1 aromatic rings. The molecule has 140 valence electrons. The van der Waals surface area contributed by atoms with E-state index in [0.717, 1.165) is 24.3 Å². The zero-order valence-electron chi connectivity index (χ0n) is 12.7. The molecule has 0 aliphatic heterocycles. The average molecular weight is 384 g/mol. The summed E-state index contributed by atoms with van der Waals surface area (Å²) in [5, 5.41) is 10.7. The highest BCUT2D eigenvalue weighted by Crippen LogP contribution is 2.23. The quantitative estimate of drug-likeness (QED) is 0.543. The standard InChI is InChI=1S/C13H15F3N2O6S/c14-13(15,16)24-9-3-5-10(6-4-9)25(22,23)18-8-11(19)17-7-1-2-12(20)21/h3-6,18H,1-2,7-8H2,(H,17,19)(H,20,21). The highest BCUT2D eigenvalue weighted by atomic mass is 32.2. The van der Waals surface area contributed by atoms with E-state index in [9.17, 15) is 31.2 Å². The first-order valence-electron chi connectivity index (χ1n) is 6.83. The van der Waals surface area contributed by atoms with E-state index in [4.69, 9.17) is 5.11 Å². The van der Waals surface area contributed by atoms with Crippen LogP contribution in [0.5, 0.6) is 5.75 Å². The zero-order valence-corrected chi connectivity index (χ0v) is 13.5. The molecule has 0 saturated carbocycles. The second-order valence-corrected chi connectivity index (χ2v) is 6.46. The molecule has 12 heteroatoms. The maximum absolute atomic E-state index is 12.0. The van der Waals surface area contributed by atoms with Gasteiger partial charge in [-0.2, -0.15) is 0 Å². The summed E-state index contributed by atoms with van der Waals surface area (Å²) < 4.78 is 65.5.